The summed E-state index contributed by atoms with van der Waals surface area (Å²) in [4.78, 5) is 21.7. The molecule has 7 nitrogen and oxygen atoms in total. The summed E-state index contributed by atoms with van der Waals surface area (Å²) in [5.41, 5.74) is 1.90. The zero-order valence-electron chi connectivity index (χ0n) is 22.6. The van der Waals surface area contributed by atoms with Crippen molar-refractivity contribution in [3.05, 3.63) is 101 Å². The minimum Gasteiger partial charge on any atom is -0.344 e. The van der Waals surface area contributed by atoms with Crippen LogP contribution in [-0.2, 0) is 22.7 Å². The monoisotopic (exact) mass is 659 g/mol. The molecule has 6 aromatic rings. The third kappa shape index (κ3) is 5.99. The van der Waals surface area contributed by atoms with Gasteiger partial charge in [0.25, 0.3) is 10.1 Å². The van der Waals surface area contributed by atoms with Gasteiger partial charge in [0.15, 0.2) is 5.78 Å². The highest BCUT2D eigenvalue weighted by Gasteiger charge is 2.32. The summed E-state index contributed by atoms with van der Waals surface area (Å²) in [6.45, 7) is 1.60. The molecule has 44 heavy (non-hydrogen) atoms. The third-order valence-electron chi connectivity index (χ3n) is 6.76. The quantitative estimate of drug-likeness (QED) is 0.104. The molecule has 0 amide bonds. The Hall–Kier alpha value is -4.08. The maximum absolute atomic E-state index is 14.1. The van der Waals surface area contributed by atoms with E-state index in [0.29, 0.717) is 49.6 Å². The first kappa shape index (κ1) is 31.3. The molecular formula is C30H21F4N3O4S3. The van der Waals surface area contributed by atoms with Crippen molar-refractivity contribution in [2.75, 3.05) is 0 Å². The molecule has 4 aromatic carbocycles. The zero-order chi connectivity index (χ0) is 30.7. The van der Waals surface area contributed by atoms with Gasteiger partial charge < -0.3 is 6.15 Å². The number of hydrogen-bond acceptors (Lipinski definition) is 8. The molecule has 2 heterocycles. The number of hydrogen-bond donors (Lipinski definition) is 2. The molecule has 6 rings (SSSR count). The second-order valence-electron chi connectivity index (χ2n) is 9.74. The second kappa shape index (κ2) is 11.4. The van der Waals surface area contributed by atoms with Crippen LogP contribution >= 0.6 is 22.7 Å². The molecule has 0 unspecified atom stereocenters. The molecule has 0 spiro atoms. The first-order chi connectivity index (χ1) is 20.3. The van der Waals surface area contributed by atoms with Crippen LogP contribution in [0.5, 0.6) is 0 Å². The van der Waals surface area contributed by atoms with Gasteiger partial charge in [-0.1, -0.05) is 30.3 Å². The predicted octanol–water partition coefficient (Wildman–Crippen LogP) is 8.54. The van der Waals surface area contributed by atoms with Crippen LogP contribution in [0.25, 0.3) is 41.6 Å². The molecule has 0 radical (unpaired) electrons. The van der Waals surface area contributed by atoms with E-state index in [2.05, 4.69) is 9.97 Å². The van der Waals surface area contributed by atoms with Gasteiger partial charge in [0.1, 0.15) is 20.7 Å². The van der Waals surface area contributed by atoms with E-state index in [9.17, 15) is 35.3 Å². The Morgan fingerprint density at radius 2 is 1.50 bits per heavy atom. The van der Waals surface area contributed by atoms with Crippen LogP contribution in [0.15, 0.2) is 77.7 Å². The second-order valence-corrected chi connectivity index (χ2v) is 13.1. The Bertz CT molecular complexity index is 2170. The zero-order valence-corrected chi connectivity index (χ0v) is 25.1. The fourth-order valence-electron chi connectivity index (χ4n) is 4.65. The molecular weight excluding hydrogens is 639 g/mol. The fraction of sp³-hybridized carbons (Fsp3) is 0.100. The molecule has 0 bridgehead atoms. The molecule has 226 valence electrons. The van der Waals surface area contributed by atoms with Gasteiger partial charge in [0.05, 0.1) is 31.6 Å². The molecule has 0 aliphatic rings. The number of ketones is 1. The maximum atomic E-state index is 14.1. The number of aromatic nitrogens is 2. The lowest BCUT2D eigenvalue weighted by Crippen LogP contribution is -2.11. The molecule has 14 heteroatoms. The van der Waals surface area contributed by atoms with Crippen molar-refractivity contribution >= 4 is 59.0 Å². The van der Waals surface area contributed by atoms with Gasteiger partial charge in [-0.2, -0.15) is 21.6 Å². The van der Waals surface area contributed by atoms with Crippen LogP contribution in [0.1, 0.15) is 27.0 Å². The van der Waals surface area contributed by atoms with Crippen LogP contribution in [0, 0.1) is 12.7 Å². The Labute approximate surface area is 256 Å². The van der Waals surface area contributed by atoms with Gasteiger partial charge >= 0.3 is 6.18 Å². The average molecular weight is 660 g/mol. The van der Waals surface area contributed by atoms with Crippen LogP contribution in [0.3, 0.4) is 0 Å². The molecule has 0 aliphatic heterocycles. The highest BCUT2D eigenvalue weighted by molar-refractivity contribution is 7.86. The van der Waals surface area contributed by atoms with Crippen LogP contribution in [-0.4, -0.2) is 28.7 Å². The number of Topliss-reactive ketones (excluding diaryl/α,β-unsaturated/α-hetero) is 1. The summed E-state index contributed by atoms with van der Waals surface area (Å²) in [6.07, 6.45) is -4.97. The summed E-state index contributed by atoms with van der Waals surface area (Å²) >= 11 is 2.57. The molecule has 0 saturated heterocycles. The molecule has 2 aromatic heterocycles. The molecule has 0 fully saturated rings. The van der Waals surface area contributed by atoms with Gasteiger partial charge in [-0.15, -0.1) is 22.7 Å². The van der Waals surface area contributed by atoms with E-state index in [0.717, 1.165) is 32.7 Å². The molecule has 0 atom stereocenters. The summed E-state index contributed by atoms with van der Waals surface area (Å²) in [7, 11) is -4.44. The van der Waals surface area contributed by atoms with Crippen LogP contribution < -0.4 is 6.15 Å². The van der Waals surface area contributed by atoms with E-state index in [4.69, 9.17) is 0 Å². The van der Waals surface area contributed by atoms with E-state index >= 15 is 0 Å². The Morgan fingerprint density at radius 1 is 0.864 bits per heavy atom. The number of alkyl halides is 3. The highest BCUT2D eigenvalue weighted by Crippen LogP contribution is 2.38. The number of carbonyl (C=O) groups is 1. The number of halogens is 4. The largest absolute Gasteiger partial charge is 0.416 e. The standard InChI is InChI=1S/C30H18F4N2O4S3.H3N/c1-15-2-10-23-26(27(15)43(38,39)40)42-29(36-23)18-7-11-22-25(13-18)41-28(35-22)17-5-3-16(4-6-17)12-24(37)20-14-19(30(32,33)34)8-9-21(20)31;/h2-11,13-14H,12H2,1H3,(H,38,39,40);1H3. The lowest BCUT2D eigenvalue weighted by atomic mass is 10.00. The topological polar surface area (TPSA) is 132 Å². The minimum atomic E-state index is -4.69. The summed E-state index contributed by atoms with van der Waals surface area (Å²) < 4.78 is 88.1. The Balaban J connectivity index is 0.00000384. The first-order valence-electron chi connectivity index (χ1n) is 12.6. The van der Waals surface area contributed by atoms with Crippen molar-refractivity contribution in [1.82, 2.24) is 16.1 Å². The van der Waals surface area contributed by atoms with Crippen LogP contribution in [0.2, 0.25) is 0 Å². The number of nitrogens with zero attached hydrogens (tertiary/aromatic N) is 2. The third-order valence-corrected chi connectivity index (χ3v) is 10.1. The fourth-order valence-corrected chi connectivity index (χ4v) is 7.97. The molecule has 0 saturated carbocycles. The van der Waals surface area contributed by atoms with Gasteiger partial charge in [0, 0.05) is 17.5 Å². The van der Waals surface area contributed by atoms with Crippen molar-refractivity contribution in [3.63, 3.8) is 0 Å². The van der Waals surface area contributed by atoms with E-state index < -0.39 is 39.0 Å². The smallest absolute Gasteiger partial charge is 0.344 e. The summed E-state index contributed by atoms with van der Waals surface area (Å²) in [5, 5.41) is 1.26. The van der Waals surface area contributed by atoms with E-state index in [1.165, 1.54) is 11.3 Å². The summed E-state index contributed by atoms with van der Waals surface area (Å²) in [5.74, 6) is -1.78. The van der Waals surface area contributed by atoms with E-state index in [1.807, 2.05) is 18.2 Å². The predicted molar refractivity (Wildman–Crippen MR) is 163 cm³/mol. The normalized spacial score (nSPS) is 12.0. The number of thiazole rings is 2. The van der Waals surface area contributed by atoms with Gasteiger partial charge in [-0.3, -0.25) is 9.35 Å². The van der Waals surface area contributed by atoms with Crippen molar-refractivity contribution in [2.24, 2.45) is 0 Å². The Kier molecular flexibility index (Phi) is 8.16. The lowest BCUT2D eigenvalue weighted by Gasteiger charge is -2.09. The maximum Gasteiger partial charge on any atom is 0.416 e. The van der Waals surface area contributed by atoms with Crippen LogP contribution in [0.4, 0.5) is 17.6 Å². The van der Waals surface area contributed by atoms with Gasteiger partial charge in [0.2, 0.25) is 0 Å². The van der Waals surface area contributed by atoms with Crippen molar-refractivity contribution in [1.29, 1.82) is 0 Å². The number of fused-ring (bicyclic) bond motifs is 2. The first-order valence-corrected chi connectivity index (χ1v) is 15.6. The Morgan fingerprint density at radius 3 is 2.18 bits per heavy atom. The van der Waals surface area contributed by atoms with Crippen molar-refractivity contribution in [3.8, 4) is 21.1 Å². The van der Waals surface area contributed by atoms with E-state index in [-0.39, 0.29) is 17.5 Å². The lowest BCUT2D eigenvalue weighted by molar-refractivity contribution is -0.137. The molecule has 4 N–H and O–H groups in total. The average Bonchev–Trinajstić information content (AvgIpc) is 3.56. The number of aryl methyl sites for hydroxylation is 1. The SMILES string of the molecule is Cc1ccc2nc(-c3ccc4nc(-c5ccc(CC(=O)c6cc(C(F)(F)F)ccc6F)cc5)sc4c3)sc2c1S(=O)(=O)O.N. The summed E-state index contributed by atoms with van der Waals surface area (Å²) in [6, 6.07) is 17.4. The number of benzene rings is 4. The minimum absolute atomic E-state index is 0. The van der Waals surface area contributed by atoms with Gasteiger partial charge in [-0.05, 0) is 60.5 Å². The van der Waals surface area contributed by atoms with E-state index in [1.54, 1.807) is 43.3 Å². The van der Waals surface area contributed by atoms with Crippen molar-refractivity contribution < 1.29 is 35.3 Å². The highest BCUT2D eigenvalue weighted by atomic mass is 32.2. The number of rotatable bonds is 6. The number of carbonyl (C=O) groups excluding carboxylic acids is 1. The van der Waals surface area contributed by atoms with Gasteiger partial charge in [-0.25, -0.2) is 14.4 Å². The van der Waals surface area contributed by atoms with Crippen molar-refractivity contribution in [2.45, 2.75) is 24.4 Å². The molecule has 0 aliphatic carbocycles.